The molecule has 6 heteroatoms. The molecule has 0 radical (unpaired) electrons. The number of hydrogen-bond donors (Lipinski definition) is 2. The van der Waals surface area contributed by atoms with Crippen molar-refractivity contribution in [3.05, 3.63) is 24.2 Å². The SMILES string of the molecule is O=C([O-])C[C@@H]1C(=O)NCC[NH+]1Cc1ccco1. The standard InChI is InChI=1S/C11H14N2O4/c14-10(15)6-9-11(16)12-3-4-13(9)7-8-2-1-5-17-8/h1-2,5,9H,3-4,6-7H2,(H,12,16)(H,14,15)/t9-/m1/s1. The van der Waals surface area contributed by atoms with Crippen molar-refractivity contribution >= 4 is 11.9 Å². The number of carbonyl (C=O) groups is 2. The Hall–Kier alpha value is -1.82. The number of nitrogens with one attached hydrogen (secondary N) is 2. The molecule has 1 amide bonds. The molecule has 17 heavy (non-hydrogen) atoms. The maximum Gasteiger partial charge on any atom is 0.278 e. The van der Waals surface area contributed by atoms with Gasteiger partial charge in [0.15, 0.2) is 11.8 Å². The lowest BCUT2D eigenvalue weighted by Crippen LogP contribution is -3.18. The summed E-state index contributed by atoms with van der Waals surface area (Å²) in [5.41, 5.74) is 0. The molecule has 2 rings (SSSR count). The van der Waals surface area contributed by atoms with E-state index in [1.54, 1.807) is 12.3 Å². The van der Waals surface area contributed by atoms with E-state index in [-0.39, 0.29) is 12.3 Å². The van der Waals surface area contributed by atoms with Crippen molar-refractivity contribution in [1.82, 2.24) is 5.32 Å². The third-order valence-corrected chi connectivity index (χ3v) is 2.91. The second-order valence-electron chi connectivity index (χ2n) is 4.08. The summed E-state index contributed by atoms with van der Waals surface area (Å²) in [7, 11) is 0. The van der Waals surface area contributed by atoms with Crippen LogP contribution in [0.25, 0.3) is 0 Å². The molecule has 0 saturated carbocycles. The van der Waals surface area contributed by atoms with Crippen molar-refractivity contribution in [1.29, 1.82) is 0 Å². The first-order chi connectivity index (χ1) is 8.16. The van der Waals surface area contributed by atoms with Crippen LogP contribution in [0.2, 0.25) is 0 Å². The first kappa shape index (κ1) is 11.7. The van der Waals surface area contributed by atoms with Crippen LogP contribution in [0.1, 0.15) is 12.2 Å². The van der Waals surface area contributed by atoms with Crippen LogP contribution >= 0.6 is 0 Å². The molecule has 6 nitrogen and oxygen atoms in total. The zero-order valence-electron chi connectivity index (χ0n) is 9.27. The predicted molar refractivity (Wildman–Crippen MR) is 54.7 cm³/mol. The van der Waals surface area contributed by atoms with E-state index in [1.165, 1.54) is 0 Å². The largest absolute Gasteiger partial charge is 0.550 e. The molecular weight excluding hydrogens is 224 g/mol. The first-order valence-corrected chi connectivity index (χ1v) is 5.51. The molecule has 92 valence electrons. The molecule has 0 aromatic carbocycles. The van der Waals surface area contributed by atoms with Crippen molar-refractivity contribution in [2.45, 2.75) is 19.0 Å². The van der Waals surface area contributed by atoms with E-state index in [1.807, 2.05) is 6.07 Å². The van der Waals surface area contributed by atoms with Gasteiger partial charge in [0.2, 0.25) is 0 Å². The number of hydrogen-bond acceptors (Lipinski definition) is 4. The number of carboxylic acids is 1. The highest BCUT2D eigenvalue weighted by atomic mass is 16.4. The van der Waals surface area contributed by atoms with Crippen molar-refractivity contribution in [2.75, 3.05) is 13.1 Å². The van der Waals surface area contributed by atoms with E-state index in [9.17, 15) is 14.7 Å². The van der Waals surface area contributed by atoms with Crippen molar-refractivity contribution in [2.24, 2.45) is 0 Å². The third-order valence-electron chi connectivity index (χ3n) is 2.91. The summed E-state index contributed by atoms with van der Waals surface area (Å²) in [4.78, 5) is 23.1. The highest BCUT2D eigenvalue weighted by molar-refractivity contribution is 5.84. The molecule has 1 aliphatic heterocycles. The summed E-state index contributed by atoms with van der Waals surface area (Å²) in [6.45, 7) is 1.75. The number of carboxylic acid groups (broad SMARTS) is 1. The Morgan fingerprint density at radius 1 is 1.65 bits per heavy atom. The van der Waals surface area contributed by atoms with Crippen LogP contribution in [0.3, 0.4) is 0 Å². The highest BCUT2D eigenvalue weighted by Gasteiger charge is 2.33. The van der Waals surface area contributed by atoms with E-state index in [0.29, 0.717) is 19.6 Å². The lowest BCUT2D eigenvalue weighted by atomic mass is 10.1. The second-order valence-corrected chi connectivity index (χ2v) is 4.08. The summed E-state index contributed by atoms with van der Waals surface area (Å²) in [6, 6.07) is 2.99. The number of aliphatic carboxylic acids is 1. The first-order valence-electron chi connectivity index (χ1n) is 5.51. The van der Waals surface area contributed by atoms with Crippen LogP contribution in [0.15, 0.2) is 22.8 Å². The Bertz CT molecular complexity index is 402. The lowest BCUT2D eigenvalue weighted by molar-refractivity contribution is -0.931. The summed E-state index contributed by atoms with van der Waals surface area (Å²) in [5.74, 6) is -0.691. The molecule has 2 atom stereocenters. The molecule has 1 aromatic heterocycles. The van der Waals surface area contributed by atoms with Crippen molar-refractivity contribution < 1.29 is 24.0 Å². The zero-order chi connectivity index (χ0) is 12.3. The maximum atomic E-state index is 11.6. The van der Waals surface area contributed by atoms with E-state index in [4.69, 9.17) is 4.42 Å². The summed E-state index contributed by atoms with van der Waals surface area (Å²) < 4.78 is 5.21. The molecular formula is C11H14N2O4. The van der Waals surface area contributed by atoms with Gasteiger partial charge in [-0.25, -0.2) is 0 Å². The third kappa shape index (κ3) is 2.85. The summed E-state index contributed by atoms with van der Waals surface area (Å²) in [5, 5.41) is 13.3. The van der Waals surface area contributed by atoms with Crippen molar-refractivity contribution in [3.8, 4) is 0 Å². The van der Waals surface area contributed by atoms with Crippen LogP contribution in [0.4, 0.5) is 0 Å². The van der Waals surface area contributed by atoms with Gasteiger partial charge in [-0.05, 0) is 12.1 Å². The minimum atomic E-state index is -1.20. The molecule has 1 unspecified atom stereocenters. The Kier molecular flexibility index (Phi) is 3.43. The number of carbonyl (C=O) groups excluding carboxylic acids is 2. The molecule has 0 bridgehead atoms. The summed E-state index contributed by atoms with van der Waals surface area (Å²) in [6.07, 6.45) is 1.30. The molecule has 0 spiro atoms. The average Bonchev–Trinajstić information content (AvgIpc) is 2.75. The van der Waals surface area contributed by atoms with E-state index in [0.717, 1.165) is 10.7 Å². The van der Waals surface area contributed by atoms with Crippen LogP contribution in [-0.2, 0) is 16.1 Å². The lowest BCUT2D eigenvalue weighted by Gasteiger charge is -2.31. The Morgan fingerprint density at radius 3 is 3.12 bits per heavy atom. The minimum Gasteiger partial charge on any atom is -0.550 e. The predicted octanol–water partition coefficient (Wildman–Crippen LogP) is -2.70. The van der Waals surface area contributed by atoms with Gasteiger partial charge in [0, 0.05) is 12.4 Å². The van der Waals surface area contributed by atoms with Gasteiger partial charge in [-0.2, -0.15) is 0 Å². The number of piperazine rings is 1. The van der Waals surface area contributed by atoms with Gasteiger partial charge in [0.05, 0.1) is 19.4 Å². The van der Waals surface area contributed by atoms with Gasteiger partial charge in [0.25, 0.3) is 5.91 Å². The number of quaternary nitrogens is 1. The topological polar surface area (TPSA) is 86.8 Å². The maximum absolute atomic E-state index is 11.6. The second kappa shape index (κ2) is 5.01. The molecule has 2 heterocycles. The van der Waals surface area contributed by atoms with Gasteiger partial charge < -0.3 is 24.5 Å². The fourth-order valence-electron chi connectivity index (χ4n) is 2.08. The fourth-order valence-corrected chi connectivity index (χ4v) is 2.08. The van der Waals surface area contributed by atoms with Crippen molar-refractivity contribution in [3.63, 3.8) is 0 Å². The zero-order valence-corrected chi connectivity index (χ0v) is 9.27. The van der Waals surface area contributed by atoms with Gasteiger partial charge in [0.1, 0.15) is 6.54 Å². The smallest absolute Gasteiger partial charge is 0.278 e. The van der Waals surface area contributed by atoms with Crippen LogP contribution in [0, 0.1) is 0 Å². The van der Waals surface area contributed by atoms with E-state index in [2.05, 4.69) is 5.32 Å². The van der Waals surface area contributed by atoms with Crippen LogP contribution in [-0.4, -0.2) is 31.0 Å². The van der Waals surface area contributed by atoms with Gasteiger partial charge in [-0.3, -0.25) is 4.79 Å². The molecule has 1 aromatic rings. The monoisotopic (exact) mass is 238 g/mol. The Morgan fingerprint density at radius 2 is 2.47 bits per heavy atom. The quantitative estimate of drug-likeness (QED) is 0.597. The van der Waals surface area contributed by atoms with E-state index >= 15 is 0 Å². The van der Waals surface area contributed by atoms with Gasteiger partial charge in [-0.1, -0.05) is 0 Å². The molecule has 1 aliphatic rings. The van der Waals surface area contributed by atoms with Crippen LogP contribution in [0.5, 0.6) is 0 Å². The minimum absolute atomic E-state index is 0.234. The molecule has 0 aliphatic carbocycles. The molecule has 2 N–H and O–H groups in total. The Labute approximate surface area is 98.2 Å². The number of furan rings is 1. The highest BCUT2D eigenvalue weighted by Crippen LogP contribution is 1.99. The summed E-state index contributed by atoms with van der Waals surface area (Å²) >= 11 is 0. The van der Waals surface area contributed by atoms with Gasteiger partial charge in [-0.15, -0.1) is 0 Å². The van der Waals surface area contributed by atoms with Gasteiger partial charge >= 0.3 is 0 Å². The molecule has 1 fully saturated rings. The van der Waals surface area contributed by atoms with E-state index < -0.39 is 12.0 Å². The normalized spacial score (nSPS) is 24.4. The average molecular weight is 238 g/mol. The Balaban J connectivity index is 2.06. The molecule has 1 saturated heterocycles. The fraction of sp³-hybridized carbons (Fsp3) is 0.455. The van der Waals surface area contributed by atoms with Crippen LogP contribution < -0.4 is 15.3 Å². The number of rotatable bonds is 4. The number of amides is 1.